The van der Waals surface area contributed by atoms with Gasteiger partial charge in [0.15, 0.2) is 0 Å². The van der Waals surface area contributed by atoms with Crippen molar-refractivity contribution in [1.82, 2.24) is 0 Å². The molecule has 5 heteroatoms. The Hall–Kier alpha value is -2.27. The van der Waals surface area contributed by atoms with Gasteiger partial charge in [-0.2, -0.15) is 0 Å². The number of carbonyl (C=O) groups excluding carboxylic acids is 2. The molecule has 2 aromatic rings. The molecule has 0 unspecified atom stereocenters. The van der Waals surface area contributed by atoms with Crippen molar-refractivity contribution in [1.29, 1.82) is 0 Å². The number of hydrogen-bond donors (Lipinski definition) is 1. The lowest BCUT2D eigenvalue weighted by Crippen LogP contribution is -2.32. The van der Waals surface area contributed by atoms with Gasteiger partial charge in [-0.15, -0.1) is 0 Å². The summed E-state index contributed by atoms with van der Waals surface area (Å²) in [7, 11) is 0. The first kappa shape index (κ1) is 18.7. The molecule has 1 heterocycles. The normalized spacial score (nSPS) is 18.9. The van der Waals surface area contributed by atoms with E-state index < -0.39 is 0 Å². The zero-order valence-corrected chi connectivity index (χ0v) is 17.3. The Kier molecular flexibility index (Phi) is 5.08. The van der Waals surface area contributed by atoms with Gasteiger partial charge in [-0.05, 0) is 55.5 Å². The van der Waals surface area contributed by atoms with Crippen LogP contribution in [0.4, 0.5) is 11.4 Å². The second kappa shape index (κ2) is 7.86. The average molecular weight is 407 g/mol. The molecule has 0 atom stereocenters. The van der Waals surface area contributed by atoms with Crippen LogP contribution in [0, 0.1) is 5.92 Å². The third-order valence-electron chi connectivity index (χ3n) is 6.23. The van der Waals surface area contributed by atoms with Crippen LogP contribution in [0.15, 0.2) is 52.3 Å². The molecular weight excluding hydrogens is 380 g/mol. The van der Waals surface area contributed by atoms with Crippen molar-refractivity contribution in [3.63, 3.8) is 0 Å². The summed E-state index contributed by atoms with van der Waals surface area (Å²) in [5.74, 6) is 0.895. The number of nitrogens with one attached hydrogen (secondary N) is 1. The van der Waals surface area contributed by atoms with Gasteiger partial charge in [-0.3, -0.25) is 9.59 Å². The first-order chi connectivity index (χ1) is 14.2. The van der Waals surface area contributed by atoms with Crippen molar-refractivity contribution in [3.8, 4) is 0 Å². The highest BCUT2D eigenvalue weighted by Crippen LogP contribution is 2.46. The summed E-state index contributed by atoms with van der Waals surface area (Å²) in [6.07, 6.45) is 8.85. The van der Waals surface area contributed by atoms with Crippen LogP contribution in [0.25, 0.3) is 0 Å². The Morgan fingerprint density at radius 1 is 1.03 bits per heavy atom. The SMILES string of the molecule is O=C(CCC1CCCC1)Nc1ccc2c(c1)Sc1ccccc1C(=O)N2C1CC1. The molecular formula is C24H26N2O2S. The molecule has 1 aliphatic heterocycles. The zero-order valence-electron chi connectivity index (χ0n) is 16.5. The van der Waals surface area contributed by atoms with Gasteiger partial charge in [0.05, 0.1) is 11.3 Å². The first-order valence-electron chi connectivity index (χ1n) is 10.7. The standard InChI is InChI=1S/C24H26N2O2S/c27-23(14-9-16-5-1-2-6-16)25-17-10-13-20-22(15-17)29-21-8-4-3-7-19(21)24(28)26(20)18-11-12-18/h3-4,7-8,10,13,15-16,18H,1-2,5-6,9,11-12,14H2,(H,25,27). The molecule has 3 aliphatic rings. The van der Waals surface area contributed by atoms with Crippen LogP contribution >= 0.6 is 11.8 Å². The van der Waals surface area contributed by atoms with Gasteiger partial charge in [-0.25, -0.2) is 0 Å². The fourth-order valence-corrected chi connectivity index (χ4v) is 5.62. The number of anilines is 2. The van der Waals surface area contributed by atoms with E-state index in [1.165, 1.54) is 25.7 Å². The molecule has 29 heavy (non-hydrogen) atoms. The second-order valence-electron chi connectivity index (χ2n) is 8.42. The molecule has 2 amide bonds. The lowest BCUT2D eigenvalue weighted by Gasteiger charge is -2.23. The minimum atomic E-state index is 0.0858. The molecule has 2 saturated carbocycles. The lowest BCUT2D eigenvalue weighted by atomic mass is 10.0. The Morgan fingerprint density at radius 2 is 1.83 bits per heavy atom. The maximum atomic E-state index is 13.2. The third-order valence-corrected chi connectivity index (χ3v) is 7.35. The monoisotopic (exact) mass is 406 g/mol. The molecule has 2 aliphatic carbocycles. The van der Waals surface area contributed by atoms with Crippen molar-refractivity contribution in [2.45, 2.75) is 67.2 Å². The van der Waals surface area contributed by atoms with E-state index in [2.05, 4.69) is 5.32 Å². The molecule has 0 aromatic heterocycles. The fourth-order valence-electron chi connectivity index (χ4n) is 4.52. The number of rotatable bonds is 5. The quantitative estimate of drug-likeness (QED) is 0.676. The van der Waals surface area contributed by atoms with Gasteiger partial charge in [0, 0.05) is 27.9 Å². The summed E-state index contributed by atoms with van der Waals surface area (Å²) >= 11 is 1.62. The number of amides is 2. The topological polar surface area (TPSA) is 49.4 Å². The van der Waals surface area contributed by atoms with E-state index in [0.717, 1.165) is 51.9 Å². The number of benzene rings is 2. The lowest BCUT2D eigenvalue weighted by molar-refractivity contribution is -0.116. The number of nitrogens with zero attached hydrogens (tertiary/aromatic N) is 1. The molecule has 5 rings (SSSR count). The summed E-state index contributed by atoms with van der Waals surface area (Å²) in [5.41, 5.74) is 2.54. The van der Waals surface area contributed by atoms with E-state index in [0.29, 0.717) is 12.5 Å². The Labute approximate surface area is 176 Å². The van der Waals surface area contributed by atoms with Crippen LogP contribution < -0.4 is 10.2 Å². The van der Waals surface area contributed by atoms with Crippen LogP contribution in [-0.2, 0) is 4.79 Å². The van der Waals surface area contributed by atoms with Crippen molar-refractivity contribution < 1.29 is 9.59 Å². The maximum Gasteiger partial charge on any atom is 0.259 e. The van der Waals surface area contributed by atoms with Gasteiger partial charge in [0.2, 0.25) is 5.91 Å². The Morgan fingerprint density at radius 3 is 2.62 bits per heavy atom. The third kappa shape index (κ3) is 3.93. The number of fused-ring (bicyclic) bond motifs is 2. The predicted octanol–water partition coefficient (Wildman–Crippen LogP) is 5.87. The molecule has 0 bridgehead atoms. The summed E-state index contributed by atoms with van der Waals surface area (Å²) < 4.78 is 0. The van der Waals surface area contributed by atoms with Gasteiger partial charge < -0.3 is 10.2 Å². The van der Waals surface area contributed by atoms with E-state index in [9.17, 15) is 9.59 Å². The van der Waals surface area contributed by atoms with Crippen LogP contribution in [0.5, 0.6) is 0 Å². The van der Waals surface area contributed by atoms with Crippen molar-refractivity contribution in [2.24, 2.45) is 5.92 Å². The molecule has 0 radical (unpaired) electrons. The highest BCUT2D eigenvalue weighted by molar-refractivity contribution is 7.99. The molecule has 150 valence electrons. The van der Waals surface area contributed by atoms with Crippen LogP contribution in [0.3, 0.4) is 0 Å². The molecule has 1 N–H and O–H groups in total. The Bertz CT molecular complexity index is 948. The minimum absolute atomic E-state index is 0.0858. The van der Waals surface area contributed by atoms with E-state index >= 15 is 0 Å². The van der Waals surface area contributed by atoms with Gasteiger partial charge in [-0.1, -0.05) is 49.6 Å². The smallest absolute Gasteiger partial charge is 0.259 e. The van der Waals surface area contributed by atoms with E-state index in [1.54, 1.807) is 11.8 Å². The fraction of sp³-hybridized carbons (Fsp3) is 0.417. The van der Waals surface area contributed by atoms with Gasteiger partial charge >= 0.3 is 0 Å². The summed E-state index contributed by atoms with van der Waals surface area (Å²) in [5, 5.41) is 3.08. The van der Waals surface area contributed by atoms with Crippen molar-refractivity contribution >= 4 is 35.0 Å². The summed E-state index contributed by atoms with van der Waals surface area (Å²) in [4.78, 5) is 29.6. The summed E-state index contributed by atoms with van der Waals surface area (Å²) in [6.45, 7) is 0. The molecule has 0 spiro atoms. The van der Waals surface area contributed by atoms with Crippen molar-refractivity contribution in [2.75, 3.05) is 10.2 Å². The second-order valence-corrected chi connectivity index (χ2v) is 9.51. The largest absolute Gasteiger partial charge is 0.326 e. The maximum absolute atomic E-state index is 13.2. The van der Waals surface area contributed by atoms with E-state index in [1.807, 2.05) is 47.4 Å². The highest BCUT2D eigenvalue weighted by atomic mass is 32.2. The van der Waals surface area contributed by atoms with E-state index in [4.69, 9.17) is 0 Å². The van der Waals surface area contributed by atoms with Crippen LogP contribution in [-0.4, -0.2) is 17.9 Å². The first-order valence-corrected chi connectivity index (χ1v) is 11.5. The highest BCUT2D eigenvalue weighted by Gasteiger charge is 2.38. The predicted molar refractivity (Wildman–Crippen MR) is 117 cm³/mol. The van der Waals surface area contributed by atoms with Gasteiger partial charge in [0.25, 0.3) is 5.91 Å². The number of carbonyl (C=O) groups is 2. The Balaban J connectivity index is 1.38. The molecule has 2 aromatic carbocycles. The average Bonchev–Trinajstić information content (AvgIpc) is 3.43. The number of hydrogen-bond acceptors (Lipinski definition) is 3. The molecule has 2 fully saturated rings. The van der Waals surface area contributed by atoms with Crippen molar-refractivity contribution in [3.05, 3.63) is 48.0 Å². The minimum Gasteiger partial charge on any atom is -0.326 e. The van der Waals surface area contributed by atoms with E-state index in [-0.39, 0.29) is 11.8 Å². The van der Waals surface area contributed by atoms with Crippen LogP contribution in [0.2, 0.25) is 0 Å². The van der Waals surface area contributed by atoms with Crippen LogP contribution in [0.1, 0.15) is 61.7 Å². The summed E-state index contributed by atoms with van der Waals surface area (Å²) in [6, 6.07) is 14.1. The molecule has 0 saturated heterocycles. The van der Waals surface area contributed by atoms with Gasteiger partial charge in [0.1, 0.15) is 0 Å². The molecule has 4 nitrogen and oxygen atoms in total. The zero-order chi connectivity index (χ0) is 19.8.